The first kappa shape index (κ1) is 11.9. The van der Waals surface area contributed by atoms with Gasteiger partial charge in [-0.1, -0.05) is 0 Å². The van der Waals surface area contributed by atoms with Crippen LogP contribution in [0.1, 0.15) is 38.9 Å². The summed E-state index contributed by atoms with van der Waals surface area (Å²) < 4.78 is 0. The van der Waals surface area contributed by atoms with Crippen LogP contribution in [-0.2, 0) is 0 Å². The molecule has 0 radical (unpaired) electrons. The molecule has 90 valence electrons. The number of rotatable bonds is 3. The van der Waals surface area contributed by atoms with Crippen molar-refractivity contribution < 1.29 is 4.79 Å². The van der Waals surface area contributed by atoms with Crippen LogP contribution in [0.5, 0.6) is 0 Å². The van der Waals surface area contributed by atoms with Crippen LogP contribution < -0.4 is 5.32 Å². The molecule has 4 nitrogen and oxygen atoms in total. The third kappa shape index (κ3) is 2.55. The molecule has 0 aliphatic rings. The van der Waals surface area contributed by atoms with Crippen molar-refractivity contribution >= 4 is 17.2 Å². The molecule has 1 atom stereocenters. The second kappa shape index (κ2) is 4.71. The molecule has 17 heavy (non-hydrogen) atoms. The average Bonchev–Trinajstić information content (AvgIpc) is 2.89. The maximum Gasteiger partial charge on any atom is 0.261 e. The number of aryl methyl sites for hydroxylation is 2. The lowest BCUT2D eigenvalue weighted by Gasteiger charge is -2.10. The van der Waals surface area contributed by atoms with E-state index in [-0.39, 0.29) is 11.9 Å². The Labute approximate surface area is 104 Å². The number of thiophene rings is 1. The van der Waals surface area contributed by atoms with Crippen LogP contribution in [0, 0.1) is 13.8 Å². The van der Waals surface area contributed by atoms with Gasteiger partial charge in [-0.15, -0.1) is 11.3 Å². The topological polar surface area (TPSA) is 57.8 Å². The van der Waals surface area contributed by atoms with E-state index in [2.05, 4.69) is 15.3 Å². The van der Waals surface area contributed by atoms with Gasteiger partial charge in [-0.2, -0.15) is 0 Å². The van der Waals surface area contributed by atoms with Gasteiger partial charge in [-0.25, -0.2) is 4.98 Å². The summed E-state index contributed by atoms with van der Waals surface area (Å²) in [7, 11) is 0. The summed E-state index contributed by atoms with van der Waals surface area (Å²) in [6.45, 7) is 5.94. The molecule has 2 heterocycles. The van der Waals surface area contributed by atoms with E-state index in [4.69, 9.17) is 0 Å². The average molecular weight is 249 g/mol. The Morgan fingerprint density at radius 1 is 1.53 bits per heavy atom. The largest absolute Gasteiger partial charge is 0.347 e. The Bertz CT molecular complexity index is 496. The summed E-state index contributed by atoms with van der Waals surface area (Å²) in [5.74, 6) is 0.721. The number of nitrogens with zero attached hydrogens (tertiary/aromatic N) is 1. The van der Waals surface area contributed by atoms with Gasteiger partial charge in [-0.05, 0) is 32.4 Å². The van der Waals surface area contributed by atoms with Crippen molar-refractivity contribution in [3.8, 4) is 0 Å². The molecule has 0 aliphatic heterocycles. The normalized spacial score (nSPS) is 12.4. The van der Waals surface area contributed by atoms with Crippen LogP contribution in [0.15, 0.2) is 18.5 Å². The molecule has 2 aromatic rings. The molecule has 0 aliphatic carbocycles. The predicted octanol–water partition coefficient (Wildman–Crippen LogP) is 2.58. The molecule has 0 saturated carbocycles. The fourth-order valence-corrected chi connectivity index (χ4v) is 2.47. The van der Waals surface area contributed by atoms with E-state index in [9.17, 15) is 4.79 Å². The van der Waals surface area contributed by atoms with E-state index >= 15 is 0 Å². The number of aromatic amines is 1. The number of aromatic nitrogens is 2. The van der Waals surface area contributed by atoms with Gasteiger partial charge in [0, 0.05) is 17.3 Å². The highest BCUT2D eigenvalue weighted by atomic mass is 32.1. The van der Waals surface area contributed by atoms with Crippen molar-refractivity contribution in [2.75, 3.05) is 0 Å². The Hall–Kier alpha value is -1.62. The SMILES string of the molecule is Cc1cc(C(=O)NC(C)c2ncc[nH]2)sc1C. The summed E-state index contributed by atoms with van der Waals surface area (Å²) in [5.41, 5.74) is 1.16. The Kier molecular flexibility index (Phi) is 3.28. The lowest BCUT2D eigenvalue weighted by molar-refractivity contribution is 0.0942. The Morgan fingerprint density at radius 2 is 2.29 bits per heavy atom. The maximum atomic E-state index is 12.0. The number of hydrogen-bond donors (Lipinski definition) is 2. The molecule has 1 amide bonds. The van der Waals surface area contributed by atoms with Crippen LogP contribution in [0.3, 0.4) is 0 Å². The summed E-state index contributed by atoms with van der Waals surface area (Å²) in [6.07, 6.45) is 3.43. The fourth-order valence-electron chi connectivity index (χ4n) is 1.54. The smallest absolute Gasteiger partial charge is 0.261 e. The quantitative estimate of drug-likeness (QED) is 0.878. The molecule has 2 N–H and O–H groups in total. The van der Waals surface area contributed by atoms with Crippen molar-refractivity contribution in [3.63, 3.8) is 0 Å². The zero-order valence-electron chi connectivity index (χ0n) is 10.1. The summed E-state index contributed by atoms with van der Waals surface area (Å²) in [5, 5.41) is 2.92. The number of imidazole rings is 1. The monoisotopic (exact) mass is 249 g/mol. The second-order valence-corrected chi connectivity index (χ2v) is 5.28. The number of hydrogen-bond acceptors (Lipinski definition) is 3. The maximum absolute atomic E-state index is 12.0. The standard InChI is InChI=1S/C12H15N3OS/c1-7-6-10(17-9(7)3)12(16)15-8(2)11-13-4-5-14-11/h4-6,8H,1-3H3,(H,13,14)(H,15,16). The van der Waals surface area contributed by atoms with E-state index in [0.29, 0.717) is 0 Å². The predicted molar refractivity (Wildman–Crippen MR) is 68.3 cm³/mol. The highest BCUT2D eigenvalue weighted by Gasteiger charge is 2.15. The van der Waals surface area contributed by atoms with E-state index in [1.54, 1.807) is 12.4 Å². The fraction of sp³-hybridized carbons (Fsp3) is 0.333. The van der Waals surface area contributed by atoms with Crippen LogP contribution in [0.2, 0.25) is 0 Å². The van der Waals surface area contributed by atoms with Gasteiger partial charge in [-0.3, -0.25) is 4.79 Å². The highest BCUT2D eigenvalue weighted by molar-refractivity contribution is 7.14. The van der Waals surface area contributed by atoms with Gasteiger partial charge in [0.2, 0.25) is 0 Å². The van der Waals surface area contributed by atoms with Gasteiger partial charge in [0.1, 0.15) is 5.82 Å². The summed E-state index contributed by atoms with van der Waals surface area (Å²) in [6, 6.07) is 1.81. The number of H-pyrrole nitrogens is 1. The van der Waals surface area contributed by atoms with E-state index in [1.165, 1.54) is 16.2 Å². The van der Waals surface area contributed by atoms with E-state index in [0.717, 1.165) is 16.3 Å². The van der Waals surface area contributed by atoms with Crippen molar-refractivity contribution in [3.05, 3.63) is 39.6 Å². The molecule has 2 aromatic heterocycles. The van der Waals surface area contributed by atoms with Crippen molar-refractivity contribution in [2.45, 2.75) is 26.8 Å². The lowest BCUT2D eigenvalue weighted by Crippen LogP contribution is -2.26. The number of carbonyl (C=O) groups excluding carboxylic acids is 1. The van der Waals surface area contributed by atoms with Gasteiger partial charge in [0.15, 0.2) is 0 Å². The van der Waals surface area contributed by atoms with E-state index in [1.807, 2.05) is 26.8 Å². The number of amides is 1. The van der Waals surface area contributed by atoms with Crippen LogP contribution in [0.25, 0.3) is 0 Å². The minimum atomic E-state index is -0.111. The molecular weight excluding hydrogens is 234 g/mol. The highest BCUT2D eigenvalue weighted by Crippen LogP contribution is 2.21. The molecule has 0 bridgehead atoms. The zero-order chi connectivity index (χ0) is 12.4. The second-order valence-electron chi connectivity index (χ2n) is 4.02. The third-order valence-electron chi connectivity index (χ3n) is 2.67. The summed E-state index contributed by atoms with van der Waals surface area (Å²) in [4.78, 5) is 21.0. The van der Waals surface area contributed by atoms with Crippen LogP contribution in [-0.4, -0.2) is 15.9 Å². The Balaban J connectivity index is 2.07. The minimum absolute atomic E-state index is 0.0462. The number of carbonyl (C=O) groups is 1. The van der Waals surface area contributed by atoms with E-state index < -0.39 is 0 Å². The third-order valence-corrected chi connectivity index (χ3v) is 3.82. The zero-order valence-corrected chi connectivity index (χ0v) is 10.9. The molecule has 0 saturated heterocycles. The first-order chi connectivity index (χ1) is 8.08. The first-order valence-corrected chi connectivity index (χ1v) is 6.26. The molecule has 5 heteroatoms. The molecule has 0 fully saturated rings. The summed E-state index contributed by atoms with van der Waals surface area (Å²) >= 11 is 1.52. The molecular formula is C12H15N3OS. The van der Waals surface area contributed by atoms with Gasteiger partial charge < -0.3 is 10.3 Å². The molecule has 0 spiro atoms. The van der Waals surface area contributed by atoms with Gasteiger partial charge in [0.05, 0.1) is 10.9 Å². The van der Waals surface area contributed by atoms with Crippen LogP contribution in [0.4, 0.5) is 0 Å². The minimum Gasteiger partial charge on any atom is -0.347 e. The number of nitrogens with one attached hydrogen (secondary N) is 2. The first-order valence-electron chi connectivity index (χ1n) is 5.45. The van der Waals surface area contributed by atoms with Gasteiger partial charge >= 0.3 is 0 Å². The van der Waals surface area contributed by atoms with Crippen molar-refractivity contribution in [1.82, 2.24) is 15.3 Å². The molecule has 2 rings (SSSR count). The van der Waals surface area contributed by atoms with Crippen molar-refractivity contribution in [1.29, 1.82) is 0 Å². The Morgan fingerprint density at radius 3 is 2.82 bits per heavy atom. The van der Waals surface area contributed by atoms with Gasteiger partial charge in [0.25, 0.3) is 5.91 Å². The lowest BCUT2D eigenvalue weighted by atomic mass is 10.2. The van der Waals surface area contributed by atoms with Crippen molar-refractivity contribution in [2.24, 2.45) is 0 Å². The molecule has 0 aromatic carbocycles. The van der Waals surface area contributed by atoms with Crippen LogP contribution >= 0.6 is 11.3 Å². The molecule has 1 unspecified atom stereocenters.